The Kier molecular flexibility index (Phi) is 6.28. The van der Waals surface area contributed by atoms with Gasteiger partial charge in [0.1, 0.15) is 5.75 Å². The number of methoxy groups -OCH3 is 1. The summed E-state index contributed by atoms with van der Waals surface area (Å²) in [7, 11) is -0.262. The molecule has 28 heavy (non-hydrogen) atoms. The van der Waals surface area contributed by atoms with Gasteiger partial charge in [0, 0.05) is 45.1 Å². The Morgan fingerprint density at radius 3 is 2.46 bits per heavy atom. The number of amides is 1. The predicted molar refractivity (Wildman–Crippen MR) is 105 cm³/mol. The molecule has 150 valence electrons. The molecule has 1 aliphatic rings. The fraction of sp³-hybridized carbons (Fsp3) is 0.368. The molecule has 1 aromatic heterocycles. The molecule has 1 aliphatic heterocycles. The van der Waals surface area contributed by atoms with Gasteiger partial charge in [-0.1, -0.05) is 0 Å². The summed E-state index contributed by atoms with van der Waals surface area (Å²) in [6.07, 6.45) is 3.29. The highest BCUT2D eigenvalue weighted by Crippen LogP contribution is 2.25. The number of carbonyl (C=O) groups excluding carboxylic acids is 1. The van der Waals surface area contributed by atoms with Gasteiger partial charge in [-0.15, -0.1) is 0 Å². The molecule has 2 aromatic rings. The van der Waals surface area contributed by atoms with Crippen molar-refractivity contribution in [2.24, 2.45) is 0 Å². The monoisotopic (exact) mass is 404 g/mol. The highest BCUT2D eigenvalue weighted by molar-refractivity contribution is 7.89. The second-order valence-corrected chi connectivity index (χ2v) is 8.55. The van der Waals surface area contributed by atoms with Crippen molar-refractivity contribution in [2.75, 3.05) is 40.3 Å². The van der Waals surface area contributed by atoms with Crippen LogP contribution in [0.15, 0.2) is 47.6 Å². The summed E-state index contributed by atoms with van der Waals surface area (Å²) in [5.74, 6) is -0.0753. The minimum absolute atomic E-state index is 0.0897. The van der Waals surface area contributed by atoms with E-state index in [9.17, 15) is 13.2 Å². The lowest BCUT2D eigenvalue weighted by Gasteiger charge is -2.31. The minimum atomic E-state index is -3.67. The molecular formula is C19H24N4O4S. The molecule has 1 amide bonds. The molecule has 1 aromatic carbocycles. The molecule has 0 unspecified atom stereocenters. The van der Waals surface area contributed by atoms with Crippen molar-refractivity contribution < 1.29 is 17.9 Å². The molecule has 1 fully saturated rings. The Hall–Kier alpha value is -2.49. The third-order valence-corrected chi connectivity index (χ3v) is 6.61. The first-order chi connectivity index (χ1) is 13.4. The van der Waals surface area contributed by atoms with Crippen LogP contribution in [0, 0.1) is 0 Å². The van der Waals surface area contributed by atoms with Gasteiger partial charge in [-0.25, -0.2) is 8.42 Å². The van der Waals surface area contributed by atoms with Gasteiger partial charge < -0.3 is 15.0 Å². The number of nitrogens with one attached hydrogen (secondary N) is 1. The molecule has 3 rings (SSSR count). The quantitative estimate of drug-likeness (QED) is 0.771. The van der Waals surface area contributed by atoms with E-state index in [1.165, 1.54) is 29.6 Å². The molecule has 0 saturated carbocycles. The van der Waals surface area contributed by atoms with Crippen molar-refractivity contribution >= 4 is 15.9 Å². The van der Waals surface area contributed by atoms with Crippen LogP contribution in [0.4, 0.5) is 0 Å². The Labute approximate surface area is 165 Å². The second-order valence-electron chi connectivity index (χ2n) is 6.61. The van der Waals surface area contributed by atoms with E-state index in [0.29, 0.717) is 38.5 Å². The first-order valence-electron chi connectivity index (χ1n) is 8.95. The van der Waals surface area contributed by atoms with Crippen LogP contribution in [-0.4, -0.2) is 68.9 Å². The van der Waals surface area contributed by atoms with Gasteiger partial charge in [-0.2, -0.15) is 4.31 Å². The SMILES string of the molecule is COc1ccc(S(=O)(=O)N2CCN(C)CC2)cc1C(=O)NCc1ccncc1. The van der Waals surface area contributed by atoms with Crippen molar-refractivity contribution in [1.29, 1.82) is 0 Å². The molecule has 0 atom stereocenters. The number of likely N-dealkylation sites (N-methyl/N-ethyl adjacent to an activating group) is 1. The fourth-order valence-electron chi connectivity index (χ4n) is 2.98. The highest BCUT2D eigenvalue weighted by atomic mass is 32.2. The lowest BCUT2D eigenvalue weighted by atomic mass is 10.2. The lowest BCUT2D eigenvalue weighted by molar-refractivity contribution is 0.0947. The molecule has 0 aliphatic carbocycles. The average molecular weight is 404 g/mol. The number of pyridine rings is 1. The van der Waals surface area contributed by atoms with Gasteiger partial charge in [0.25, 0.3) is 5.91 Å². The predicted octanol–water partition coefficient (Wildman–Crippen LogP) is 0.956. The number of hydrogen-bond acceptors (Lipinski definition) is 6. The van der Waals surface area contributed by atoms with Crippen LogP contribution in [0.5, 0.6) is 5.75 Å². The Morgan fingerprint density at radius 1 is 1.14 bits per heavy atom. The summed E-state index contributed by atoms with van der Waals surface area (Å²) >= 11 is 0. The number of sulfonamides is 1. The summed E-state index contributed by atoms with van der Waals surface area (Å²) < 4.78 is 32.7. The number of carbonyl (C=O) groups is 1. The van der Waals surface area contributed by atoms with Gasteiger partial charge in [0.05, 0.1) is 17.6 Å². The first-order valence-corrected chi connectivity index (χ1v) is 10.4. The maximum absolute atomic E-state index is 13.0. The Bertz CT molecular complexity index is 926. The molecule has 0 radical (unpaired) electrons. The van der Waals surface area contributed by atoms with Crippen LogP contribution in [0.25, 0.3) is 0 Å². The van der Waals surface area contributed by atoms with Crippen molar-refractivity contribution in [3.05, 3.63) is 53.9 Å². The summed E-state index contributed by atoms with van der Waals surface area (Å²) in [4.78, 5) is 18.8. The zero-order valence-electron chi connectivity index (χ0n) is 16.0. The van der Waals surface area contributed by atoms with E-state index in [0.717, 1.165) is 5.56 Å². The number of nitrogens with zero attached hydrogens (tertiary/aromatic N) is 3. The third-order valence-electron chi connectivity index (χ3n) is 4.72. The minimum Gasteiger partial charge on any atom is -0.496 e. The smallest absolute Gasteiger partial charge is 0.255 e. The van der Waals surface area contributed by atoms with E-state index in [4.69, 9.17) is 4.74 Å². The summed E-state index contributed by atoms with van der Waals surface area (Å²) in [5, 5.41) is 2.79. The second kappa shape index (κ2) is 8.68. The van der Waals surface area contributed by atoms with Crippen LogP contribution < -0.4 is 10.1 Å². The summed E-state index contributed by atoms with van der Waals surface area (Å²) in [6.45, 7) is 2.51. The van der Waals surface area contributed by atoms with E-state index in [1.807, 2.05) is 7.05 Å². The van der Waals surface area contributed by atoms with Gasteiger partial charge >= 0.3 is 0 Å². The van der Waals surface area contributed by atoms with E-state index in [1.54, 1.807) is 24.5 Å². The molecule has 2 heterocycles. The van der Waals surface area contributed by atoms with Crippen LogP contribution in [0.1, 0.15) is 15.9 Å². The van der Waals surface area contributed by atoms with Gasteiger partial charge in [-0.3, -0.25) is 9.78 Å². The van der Waals surface area contributed by atoms with Crippen molar-refractivity contribution in [2.45, 2.75) is 11.4 Å². The topological polar surface area (TPSA) is 91.8 Å². The molecule has 8 nitrogen and oxygen atoms in total. The zero-order chi connectivity index (χ0) is 20.1. The van der Waals surface area contributed by atoms with Gasteiger partial charge in [0.15, 0.2) is 0 Å². The number of ether oxygens (including phenoxy) is 1. The molecular weight excluding hydrogens is 380 g/mol. The van der Waals surface area contributed by atoms with E-state index >= 15 is 0 Å². The normalized spacial score (nSPS) is 15.9. The largest absolute Gasteiger partial charge is 0.496 e. The van der Waals surface area contributed by atoms with Crippen molar-refractivity contribution in [1.82, 2.24) is 19.5 Å². The van der Waals surface area contributed by atoms with E-state index in [2.05, 4.69) is 15.2 Å². The molecule has 0 bridgehead atoms. The van der Waals surface area contributed by atoms with E-state index in [-0.39, 0.29) is 10.5 Å². The number of hydrogen-bond donors (Lipinski definition) is 1. The van der Waals surface area contributed by atoms with Crippen LogP contribution in [0.2, 0.25) is 0 Å². The summed E-state index contributed by atoms with van der Waals surface area (Å²) in [6, 6.07) is 7.97. The summed E-state index contributed by atoms with van der Waals surface area (Å²) in [5.41, 5.74) is 1.08. The van der Waals surface area contributed by atoms with Crippen LogP contribution in [-0.2, 0) is 16.6 Å². The Morgan fingerprint density at radius 2 is 1.82 bits per heavy atom. The average Bonchev–Trinajstić information content (AvgIpc) is 2.72. The van der Waals surface area contributed by atoms with Crippen molar-refractivity contribution in [3.63, 3.8) is 0 Å². The third kappa shape index (κ3) is 4.49. The fourth-order valence-corrected chi connectivity index (χ4v) is 4.43. The lowest BCUT2D eigenvalue weighted by Crippen LogP contribution is -2.47. The number of benzene rings is 1. The zero-order valence-corrected chi connectivity index (χ0v) is 16.8. The van der Waals surface area contributed by atoms with Crippen molar-refractivity contribution in [3.8, 4) is 5.75 Å². The maximum atomic E-state index is 13.0. The highest BCUT2D eigenvalue weighted by Gasteiger charge is 2.28. The Balaban J connectivity index is 1.82. The van der Waals surface area contributed by atoms with Crippen LogP contribution >= 0.6 is 0 Å². The number of aromatic nitrogens is 1. The molecule has 0 spiro atoms. The number of rotatable bonds is 6. The van der Waals surface area contributed by atoms with E-state index < -0.39 is 15.9 Å². The number of piperazine rings is 1. The molecule has 1 saturated heterocycles. The first kappa shape index (κ1) is 20.2. The maximum Gasteiger partial charge on any atom is 0.255 e. The van der Waals surface area contributed by atoms with Gasteiger partial charge in [0.2, 0.25) is 10.0 Å². The van der Waals surface area contributed by atoms with Crippen LogP contribution in [0.3, 0.4) is 0 Å². The standard InChI is InChI=1S/C19H24N4O4S/c1-22-9-11-23(12-10-22)28(25,26)16-3-4-18(27-2)17(13-16)19(24)21-14-15-5-7-20-8-6-15/h3-8,13H,9-12,14H2,1-2H3,(H,21,24). The molecule has 1 N–H and O–H groups in total. The molecule has 9 heteroatoms. The van der Waals surface area contributed by atoms with Gasteiger partial charge in [-0.05, 0) is 42.9 Å².